The summed E-state index contributed by atoms with van der Waals surface area (Å²) < 4.78 is 1.29. The zero-order valence-electron chi connectivity index (χ0n) is 16.1. The van der Waals surface area contributed by atoms with Gasteiger partial charge >= 0.3 is 0 Å². The Kier molecular flexibility index (Phi) is 6.47. The molecule has 0 aliphatic heterocycles. The summed E-state index contributed by atoms with van der Waals surface area (Å²) >= 11 is 14.8. The minimum atomic E-state index is -0.488. The third-order valence-corrected chi connectivity index (χ3v) is 6.67. The lowest BCUT2D eigenvalue weighted by Gasteiger charge is -2.10. The number of nitrogens with two attached hydrogens (primary N) is 1. The Balaban J connectivity index is 1.45. The van der Waals surface area contributed by atoms with E-state index in [-0.39, 0.29) is 5.91 Å². The number of hydrogen-bond acceptors (Lipinski definition) is 7. The number of hydrogen-bond donors (Lipinski definition) is 2. The lowest BCUT2D eigenvalue weighted by atomic mass is 10.2. The first-order chi connectivity index (χ1) is 14.9. The quantitative estimate of drug-likeness (QED) is 0.284. The summed E-state index contributed by atoms with van der Waals surface area (Å²) in [6.07, 6.45) is 0. The van der Waals surface area contributed by atoms with Crippen LogP contribution in [0.1, 0.15) is 6.92 Å². The van der Waals surface area contributed by atoms with Crippen molar-refractivity contribution >= 4 is 57.3 Å². The predicted octanol–water partition coefficient (Wildman–Crippen LogP) is 5.21. The van der Waals surface area contributed by atoms with Gasteiger partial charge in [-0.15, -0.1) is 21.5 Å². The van der Waals surface area contributed by atoms with E-state index in [1.807, 2.05) is 35.7 Å². The summed E-state index contributed by atoms with van der Waals surface area (Å²) in [4.78, 5) is 17.1. The van der Waals surface area contributed by atoms with Crippen LogP contribution in [0, 0.1) is 0 Å². The van der Waals surface area contributed by atoms with Gasteiger partial charge in [-0.25, -0.2) is 9.66 Å². The molecule has 0 spiro atoms. The Bertz CT molecular complexity index is 1230. The lowest BCUT2D eigenvalue weighted by molar-refractivity contribution is -0.115. The molecule has 0 saturated heterocycles. The zero-order valence-corrected chi connectivity index (χ0v) is 19.3. The molecule has 7 nitrogen and oxygen atoms in total. The number of benzene rings is 2. The van der Waals surface area contributed by atoms with Gasteiger partial charge in [0, 0.05) is 21.5 Å². The van der Waals surface area contributed by atoms with Gasteiger partial charge < -0.3 is 11.2 Å². The molecule has 0 saturated carbocycles. The third-order valence-electron chi connectivity index (χ3n) is 4.29. The summed E-state index contributed by atoms with van der Waals surface area (Å²) in [5.74, 6) is 6.29. The second-order valence-electron chi connectivity index (χ2n) is 6.45. The first kappa shape index (κ1) is 21.6. The smallest absolute Gasteiger partial charge is 0.239 e. The van der Waals surface area contributed by atoms with E-state index in [1.165, 1.54) is 27.8 Å². The maximum Gasteiger partial charge on any atom is 0.239 e. The van der Waals surface area contributed by atoms with Gasteiger partial charge in [-0.05, 0) is 25.1 Å². The van der Waals surface area contributed by atoms with E-state index in [1.54, 1.807) is 25.1 Å². The maximum atomic E-state index is 12.6. The van der Waals surface area contributed by atoms with Gasteiger partial charge in [-0.1, -0.05) is 65.3 Å². The first-order valence-electron chi connectivity index (χ1n) is 9.06. The number of aromatic nitrogens is 4. The van der Waals surface area contributed by atoms with Crippen LogP contribution in [0.25, 0.3) is 22.6 Å². The Hall–Kier alpha value is -2.59. The number of nitrogens with one attached hydrogen (secondary N) is 1. The Morgan fingerprint density at radius 3 is 2.74 bits per heavy atom. The van der Waals surface area contributed by atoms with E-state index in [2.05, 4.69) is 20.5 Å². The number of carbonyl (C=O) groups excluding carboxylic acids is 1. The molecule has 1 unspecified atom stereocenters. The number of thioether (sulfide) groups is 1. The summed E-state index contributed by atoms with van der Waals surface area (Å²) in [6.45, 7) is 1.76. The van der Waals surface area contributed by atoms with Crippen molar-refractivity contribution < 1.29 is 4.79 Å². The van der Waals surface area contributed by atoms with Crippen LogP contribution in [0.2, 0.25) is 10.0 Å². The minimum Gasteiger partial charge on any atom is -0.335 e. The molecular formula is C20H16Cl2N6OS2. The third kappa shape index (κ3) is 4.85. The van der Waals surface area contributed by atoms with Crippen LogP contribution in [-0.4, -0.2) is 31.0 Å². The number of carbonyl (C=O) groups is 1. The second-order valence-corrected chi connectivity index (χ2v) is 9.46. The molecule has 0 bridgehead atoms. The molecule has 0 fully saturated rings. The van der Waals surface area contributed by atoms with Gasteiger partial charge in [0.05, 0.1) is 16.0 Å². The number of rotatable bonds is 6. The van der Waals surface area contributed by atoms with Crippen molar-refractivity contribution in [3.63, 3.8) is 0 Å². The van der Waals surface area contributed by atoms with Gasteiger partial charge in [0.1, 0.15) is 0 Å². The van der Waals surface area contributed by atoms with E-state index < -0.39 is 5.25 Å². The van der Waals surface area contributed by atoms with Crippen molar-refractivity contribution in [1.29, 1.82) is 0 Å². The highest BCUT2D eigenvalue weighted by Crippen LogP contribution is 2.32. The molecule has 0 aliphatic carbocycles. The molecule has 2 heterocycles. The molecule has 2 aromatic heterocycles. The van der Waals surface area contributed by atoms with E-state index in [9.17, 15) is 4.79 Å². The molecule has 0 aliphatic rings. The molecule has 158 valence electrons. The van der Waals surface area contributed by atoms with Crippen LogP contribution in [0.5, 0.6) is 0 Å². The Morgan fingerprint density at radius 2 is 1.97 bits per heavy atom. The highest BCUT2D eigenvalue weighted by Gasteiger charge is 2.22. The SMILES string of the molecule is CC(Sc1nnc(-c2cc(Cl)ccc2Cl)n1N)C(=O)Nc1nc(-c2ccccc2)cs1. The molecule has 0 radical (unpaired) electrons. The molecule has 11 heteroatoms. The minimum absolute atomic E-state index is 0.218. The molecule has 3 N–H and O–H groups in total. The number of nitrogens with zero attached hydrogens (tertiary/aromatic N) is 4. The molecular weight excluding hydrogens is 475 g/mol. The second kappa shape index (κ2) is 9.27. The molecule has 4 aromatic rings. The van der Waals surface area contributed by atoms with Crippen molar-refractivity contribution in [3.8, 4) is 22.6 Å². The van der Waals surface area contributed by atoms with E-state index in [0.29, 0.717) is 31.7 Å². The average molecular weight is 491 g/mol. The zero-order chi connectivity index (χ0) is 22.0. The fourth-order valence-electron chi connectivity index (χ4n) is 2.70. The normalized spacial score (nSPS) is 12.0. The number of anilines is 1. The van der Waals surface area contributed by atoms with E-state index in [0.717, 1.165) is 11.3 Å². The van der Waals surface area contributed by atoms with Crippen LogP contribution in [0.4, 0.5) is 5.13 Å². The summed E-state index contributed by atoms with van der Waals surface area (Å²) in [5, 5.41) is 14.3. The number of thiazole rings is 1. The lowest BCUT2D eigenvalue weighted by Crippen LogP contribution is -2.23. The van der Waals surface area contributed by atoms with Gasteiger partial charge in [0.2, 0.25) is 11.1 Å². The van der Waals surface area contributed by atoms with Gasteiger partial charge in [-0.2, -0.15) is 0 Å². The predicted molar refractivity (Wildman–Crippen MR) is 127 cm³/mol. The van der Waals surface area contributed by atoms with E-state index >= 15 is 0 Å². The first-order valence-corrected chi connectivity index (χ1v) is 11.6. The van der Waals surface area contributed by atoms with Crippen molar-refractivity contribution in [3.05, 3.63) is 64.0 Å². The molecule has 4 rings (SSSR count). The topological polar surface area (TPSA) is 98.7 Å². The fourth-order valence-corrected chi connectivity index (χ4v) is 4.57. The molecule has 31 heavy (non-hydrogen) atoms. The standard InChI is InChI=1S/C20H16Cl2N6OS2/c1-11(18(29)25-19-24-16(10-30-19)12-5-3-2-4-6-12)31-20-27-26-17(28(20)23)14-9-13(21)7-8-15(14)22/h2-11H,23H2,1H3,(H,24,25,29). The van der Waals surface area contributed by atoms with Crippen LogP contribution < -0.4 is 11.2 Å². The van der Waals surface area contributed by atoms with Gasteiger partial charge in [0.15, 0.2) is 11.0 Å². The van der Waals surface area contributed by atoms with Gasteiger partial charge in [-0.3, -0.25) is 4.79 Å². The van der Waals surface area contributed by atoms with Crippen LogP contribution in [-0.2, 0) is 4.79 Å². The number of amides is 1. The molecule has 1 atom stereocenters. The Morgan fingerprint density at radius 1 is 1.19 bits per heavy atom. The fraction of sp³-hybridized carbons (Fsp3) is 0.100. The van der Waals surface area contributed by atoms with Gasteiger partial charge in [0.25, 0.3) is 0 Å². The van der Waals surface area contributed by atoms with Crippen molar-refractivity contribution in [1.82, 2.24) is 19.9 Å². The summed E-state index contributed by atoms with van der Waals surface area (Å²) in [6, 6.07) is 14.8. The van der Waals surface area contributed by atoms with Crippen molar-refractivity contribution in [2.24, 2.45) is 0 Å². The maximum absolute atomic E-state index is 12.6. The average Bonchev–Trinajstić information content (AvgIpc) is 3.37. The monoisotopic (exact) mass is 490 g/mol. The Labute approximate surface area is 196 Å². The van der Waals surface area contributed by atoms with Crippen molar-refractivity contribution in [2.75, 3.05) is 11.2 Å². The summed E-state index contributed by atoms with van der Waals surface area (Å²) in [5.41, 5.74) is 2.36. The largest absolute Gasteiger partial charge is 0.335 e. The van der Waals surface area contributed by atoms with Crippen LogP contribution >= 0.6 is 46.3 Å². The highest BCUT2D eigenvalue weighted by atomic mass is 35.5. The number of nitrogen functional groups attached to an aromatic ring is 1. The summed E-state index contributed by atoms with van der Waals surface area (Å²) in [7, 11) is 0. The van der Waals surface area contributed by atoms with Crippen LogP contribution in [0.15, 0.2) is 59.1 Å². The molecule has 1 amide bonds. The van der Waals surface area contributed by atoms with Crippen molar-refractivity contribution in [2.45, 2.75) is 17.3 Å². The number of halogens is 2. The van der Waals surface area contributed by atoms with E-state index in [4.69, 9.17) is 29.0 Å². The van der Waals surface area contributed by atoms with Crippen LogP contribution in [0.3, 0.4) is 0 Å². The highest BCUT2D eigenvalue weighted by molar-refractivity contribution is 8.00. The molecule has 2 aromatic carbocycles.